The van der Waals surface area contributed by atoms with E-state index in [9.17, 15) is 4.79 Å². The Balaban J connectivity index is 1.69. The third-order valence-electron chi connectivity index (χ3n) is 4.64. The number of hydrogen-bond donors (Lipinski definition) is 2. The van der Waals surface area contributed by atoms with Crippen molar-refractivity contribution in [3.05, 3.63) is 35.9 Å². The second-order valence-electron chi connectivity index (χ2n) is 6.34. The largest absolute Gasteiger partial charge is 0.378 e. The van der Waals surface area contributed by atoms with E-state index in [4.69, 9.17) is 9.26 Å². The monoisotopic (exact) mass is 342 g/mol. The maximum Gasteiger partial charge on any atom is 0.259 e. The molecule has 0 bridgehead atoms. The van der Waals surface area contributed by atoms with Gasteiger partial charge in [-0.15, -0.1) is 0 Å². The molecule has 25 heavy (non-hydrogen) atoms. The van der Waals surface area contributed by atoms with E-state index in [2.05, 4.69) is 20.7 Å². The van der Waals surface area contributed by atoms with E-state index in [0.717, 1.165) is 25.1 Å². The van der Waals surface area contributed by atoms with Gasteiger partial charge in [0.15, 0.2) is 11.6 Å². The summed E-state index contributed by atoms with van der Waals surface area (Å²) in [5.74, 6) is 0.992. The van der Waals surface area contributed by atoms with Crippen LogP contribution in [0.15, 0.2) is 34.9 Å². The molecule has 0 aliphatic carbocycles. The molecule has 1 aromatic heterocycles. The molecule has 3 heterocycles. The normalized spacial score (nSPS) is 20.6. The van der Waals surface area contributed by atoms with Crippen LogP contribution in [0.5, 0.6) is 0 Å². The van der Waals surface area contributed by atoms with E-state index >= 15 is 0 Å². The van der Waals surface area contributed by atoms with Crippen LogP contribution in [0.2, 0.25) is 0 Å². The van der Waals surface area contributed by atoms with Crippen molar-refractivity contribution >= 4 is 11.7 Å². The SMILES string of the molecule is O=C(N[C@H]1CCNC1)c1c(N2CCOCC2)noc1-c1ccccc1. The topological polar surface area (TPSA) is 79.6 Å². The first-order chi connectivity index (χ1) is 12.3. The van der Waals surface area contributed by atoms with Gasteiger partial charge in [-0.1, -0.05) is 35.5 Å². The summed E-state index contributed by atoms with van der Waals surface area (Å²) in [6.45, 7) is 4.38. The Bertz CT molecular complexity index is 719. The predicted molar refractivity (Wildman–Crippen MR) is 93.7 cm³/mol. The number of carbonyl (C=O) groups is 1. The number of rotatable bonds is 4. The van der Waals surface area contributed by atoms with Crippen LogP contribution in [-0.2, 0) is 4.74 Å². The Morgan fingerprint density at radius 1 is 1.24 bits per heavy atom. The summed E-state index contributed by atoms with van der Waals surface area (Å²) in [5.41, 5.74) is 1.37. The predicted octanol–water partition coefficient (Wildman–Crippen LogP) is 1.27. The van der Waals surface area contributed by atoms with Crippen molar-refractivity contribution in [3.63, 3.8) is 0 Å². The number of morpholine rings is 1. The van der Waals surface area contributed by atoms with Crippen molar-refractivity contribution in [2.45, 2.75) is 12.5 Å². The molecular formula is C18H22N4O3. The zero-order chi connectivity index (χ0) is 17.1. The van der Waals surface area contributed by atoms with Gasteiger partial charge in [0.25, 0.3) is 5.91 Å². The van der Waals surface area contributed by atoms with Crippen molar-refractivity contribution < 1.29 is 14.1 Å². The molecule has 2 aliphatic heterocycles. The fourth-order valence-electron chi connectivity index (χ4n) is 3.30. The van der Waals surface area contributed by atoms with Gasteiger partial charge >= 0.3 is 0 Å². The molecule has 2 N–H and O–H groups in total. The number of aromatic nitrogens is 1. The Morgan fingerprint density at radius 3 is 2.76 bits per heavy atom. The molecule has 2 aromatic rings. The van der Waals surface area contributed by atoms with Gasteiger partial charge in [-0.3, -0.25) is 4.79 Å². The second-order valence-corrected chi connectivity index (χ2v) is 6.34. The number of ether oxygens (including phenoxy) is 1. The average molecular weight is 342 g/mol. The second kappa shape index (κ2) is 7.25. The quantitative estimate of drug-likeness (QED) is 0.871. The van der Waals surface area contributed by atoms with Gasteiger partial charge in [0.2, 0.25) is 0 Å². The molecule has 0 radical (unpaired) electrons. The van der Waals surface area contributed by atoms with E-state index in [0.29, 0.717) is 43.4 Å². The van der Waals surface area contributed by atoms with Gasteiger partial charge in [-0.2, -0.15) is 0 Å². The first kappa shape index (κ1) is 16.1. The lowest BCUT2D eigenvalue weighted by molar-refractivity contribution is 0.0939. The zero-order valence-electron chi connectivity index (χ0n) is 14.0. The summed E-state index contributed by atoms with van der Waals surface area (Å²) in [7, 11) is 0. The van der Waals surface area contributed by atoms with Crippen LogP contribution < -0.4 is 15.5 Å². The number of carbonyl (C=O) groups excluding carboxylic acids is 1. The Labute approximate surface area is 146 Å². The third kappa shape index (κ3) is 3.38. The van der Waals surface area contributed by atoms with Crippen LogP contribution in [0.25, 0.3) is 11.3 Å². The van der Waals surface area contributed by atoms with Crippen molar-refractivity contribution in [1.82, 2.24) is 15.8 Å². The van der Waals surface area contributed by atoms with Crippen LogP contribution in [0.1, 0.15) is 16.8 Å². The molecule has 0 unspecified atom stereocenters. The number of nitrogens with one attached hydrogen (secondary N) is 2. The Kier molecular flexibility index (Phi) is 4.67. The third-order valence-corrected chi connectivity index (χ3v) is 4.64. The highest BCUT2D eigenvalue weighted by Crippen LogP contribution is 2.31. The summed E-state index contributed by atoms with van der Waals surface area (Å²) in [5, 5.41) is 10.6. The smallest absolute Gasteiger partial charge is 0.259 e. The number of nitrogens with zero attached hydrogens (tertiary/aromatic N) is 2. The van der Waals surface area contributed by atoms with E-state index in [1.807, 2.05) is 30.3 Å². The van der Waals surface area contributed by atoms with Gasteiger partial charge < -0.3 is 24.8 Å². The van der Waals surface area contributed by atoms with E-state index in [1.165, 1.54) is 0 Å². The highest BCUT2D eigenvalue weighted by Gasteiger charge is 2.30. The average Bonchev–Trinajstić information content (AvgIpc) is 3.32. The highest BCUT2D eigenvalue weighted by molar-refractivity contribution is 6.04. The summed E-state index contributed by atoms with van der Waals surface area (Å²) >= 11 is 0. The molecule has 132 valence electrons. The summed E-state index contributed by atoms with van der Waals surface area (Å²) < 4.78 is 11.0. The lowest BCUT2D eigenvalue weighted by Gasteiger charge is -2.27. The fourth-order valence-corrected chi connectivity index (χ4v) is 3.30. The minimum atomic E-state index is -0.129. The van der Waals surface area contributed by atoms with Gasteiger partial charge in [-0.25, -0.2) is 0 Å². The van der Waals surface area contributed by atoms with Gasteiger partial charge in [0.1, 0.15) is 5.56 Å². The van der Waals surface area contributed by atoms with Crippen LogP contribution in [0.3, 0.4) is 0 Å². The highest BCUT2D eigenvalue weighted by atomic mass is 16.5. The van der Waals surface area contributed by atoms with Crippen molar-refractivity contribution in [2.75, 3.05) is 44.3 Å². The van der Waals surface area contributed by atoms with Crippen molar-refractivity contribution in [1.29, 1.82) is 0 Å². The molecule has 1 aromatic carbocycles. The fraction of sp³-hybridized carbons (Fsp3) is 0.444. The number of benzene rings is 1. The zero-order valence-corrected chi connectivity index (χ0v) is 14.0. The maximum absolute atomic E-state index is 13.0. The minimum absolute atomic E-state index is 0.129. The molecule has 2 aliphatic rings. The van der Waals surface area contributed by atoms with Crippen molar-refractivity contribution in [3.8, 4) is 11.3 Å². The first-order valence-electron chi connectivity index (χ1n) is 8.72. The van der Waals surface area contributed by atoms with E-state index in [-0.39, 0.29) is 11.9 Å². The molecule has 2 fully saturated rings. The van der Waals surface area contributed by atoms with Gasteiger partial charge in [-0.05, 0) is 13.0 Å². The number of amides is 1. The van der Waals surface area contributed by atoms with Crippen LogP contribution in [-0.4, -0.2) is 56.5 Å². The molecule has 1 amide bonds. The van der Waals surface area contributed by atoms with Crippen LogP contribution >= 0.6 is 0 Å². The minimum Gasteiger partial charge on any atom is -0.378 e. The molecule has 7 nitrogen and oxygen atoms in total. The van der Waals surface area contributed by atoms with E-state index < -0.39 is 0 Å². The van der Waals surface area contributed by atoms with E-state index in [1.54, 1.807) is 0 Å². The standard InChI is InChI=1S/C18H22N4O3/c23-18(20-14-6-7-19-12-14)15-16(13-4-2-1-3-5-13)25-21-17(15)22-8-10-24-11-9-22/h1-5,14,19H,6-12H2,(H,20,23)/t14-/m0/s1. The lowest BCUT2D eigenvalue weighted by Crippen LogP contribution is -2.40. The number of hydrogen-bond acceptors (Lipinski definition) is 6. The van der Waals surface area contributed by atoms with Crippen molar-refractivity contribution in [2.24, 2.45) is 0 Å². The van der Waals surface area contributed by atoms with Gasteiger partial charge in [0, 0.05) is 31.2 Å². The molecule has 4 rings (SSSR count). The van der Waals surface area contributed by atoms with Crippen LogP contribution in [0.4, 0.5) is 5.82 Å². The number of anilines is 1. The molecular weight excluding hydrogens is 320 g/mol. The maximum atomic E-state index is 13.0. The van der Waals surface area contributed by atoms with Gasteiger partial charge in [0.05, 0.1) is 13.2 Å². The Morgan fingerprint density at radius 2 is 2.04 bits per heavy atom. The summed E-state index contributed by atoms with van der Waals surface area (Å²) in [4.78, 5) is 15.1. The molecule has 2 saturated heterocycles. The molecule has 0 saturated carbocycles. The molecule has 7 heteroatoms. The lowest BCUT2D eigenvalue weighted by atomic mass is 10.1. The first-order valence-corrected chi connectivity index (χ1v) is 8.72. The molecule has 1 atom stereocenters. The molecule has 0 spiro atoms. The summed E-state index contributed by atoms with van der Waals surface area (Å²) in [6.07, 6.45) is 0.935. The van der Waals surface area contributed by atoms with Crippen LogP contribution in [0, 0.1) is 0 Å². The summed E-state index contributed by atoms with van der Waals surface area (Å²) in [6, 6.07) is 9.79. The Hall–Kier alpha value is -2.38.